The van der Waals surface area contributed by atoms with Gasteiger partial charge in [-0.3, -0.25) is 10.4 Å². The molecule has 0 bridgehead atoms. The number of ether oxygens (including phenoxy) is 2. The second kappa shape index (κ2) is 7.52. The number of carbonyl (C=O) groups excluding carboxylic acids is 2. The van der Waals surface area contributed by atoms with Gasteiger partial charge in [0.05, 0.1) is 13.2 Å². The number of methoxy groups -OCH3 is 1. The number of urea groups is 1. The van der Waals surface area contributed by atoms with Crippen LogP contribution in [0.1, 0.15) is 32.0 Å². The molecule has 0 unspecified atom stereocenters. The normalized spacial score (nSPS) is 14.1. The first kappa shape index (κ1) is 18.1. The molecule has 0 fully saturated rings. The second-order valence-corrected chi connectivity index (χ2v) is 6.55. The molecule has 0 saturated heterocycles. The van der Waals surface area contributed by atoms with E-state index in [9.17, 15) is 9.59 Å². The predicted octanol–water partition coefficient (Wildman–Crippen LogP) is 1.47. The third kappa shape index (κ3) is 4.85. The van der Waals surface area contributed by atoms with E-state index in [1.807, 2.05) is 20.8 Å². The Labute approximate surface area is 141 Å². The molecular formula is C15H25N5O4. The zero-order valence-electron chi connectivity index (χ0n) is 14.6. The Hall–Kier alpha value is -2.29. The number of hydrogen-bond acceptors (Lipinski definition) is 5. The van der Waals surface area contributed by atoms with Crippen molar-refractivity contribution >= 4 is 17.9 Å². The Morgan fingerprint density at radius 2 is 2.12 bits per heavy atom. The molecule has 2 heterocycles. The van der Waals surface area contributed by atoms with Crippen LogP contribution in [0.15, 0.2) is 0 Å². The summed E-state index contributed by atoms with van der Waals surface area (Å²) in [6.07, 6.45) is 0.263. The van der Waals surface area contributed by atoms with Crippen molar-refractivity contribution in [2.45, 2.75) is 39.3 Å². The monoisotopic (exact) mass is 339 g/mol. The van der Waals surface area contributed by atoms with Crippen molar-refractivity contribution in [3.8, 4) is 0 Å². The van der Waals surface area contributed by atoms with Crippen molar-refractivity contribution in [3.63, 3.8) is 0 Å². The van der Waals surface area contributed by atoms with E-state index in [1.165, 1.54) is 0 Å². The lowest BCUT2D eigenvalue weighted by atomic mass is 10.1. The molecule has 1 aliphatic rings. The van der Waals surface area contributed by atoms with Gasteiger partial charge in [-0.1, -0.05) is 0 Å². The van der Waals surface area contributed by atoms with E-state index in [-0.39, 0.29) is 12.1 Å². The lowest BCUT2D eigenvalue weighted by Gasteiger charge is -2.30. The Bertz CT molecular complexity index is 593. The van der Waals surface area contributed by atoms with Crippen molar-refractivity contribution in [3.05, 3.63) is 11.3 Å². The van der Waals surface area contributed by atoms with Crippen LogP contribution in [0.3, 0.4) is 0 Å². The molecule has 1 aromatic heterocycles. The van der Waals surface area contributed by atoms with Crippen LogP contribution in [-0.4, -0.2) is 59.6 Å². The number of aromatic amines is 1. The first-order valence-corrected chi connectivity index (χ1v) is 7.88. The molecule has 134 valence electrons. The fourth-order valence-electron chi connectivity index (χ4n) is 2.30. The number of anilines is 1. The van der Waals surface area contributed by atoms with Crippen LogP contribution in [0, 0.1) is 0 Å². The zero-order valence-corrected chi connectivity index (χ0v) is 14.6. The fourth-order valence-corrected chi connectivity index (χ4v) is 2.30. The van der Waals surface area contributed by atoms with Gasteiger partial charge in [-0.2, -0.15) is 5.10 Å². The number of amides is 3. The van der Waals surface area contributed by atoms with Crippen molar-refractivity contribution in [2.75, 3.05) is 32.1 Å². The second-order valence-electron chi connectivity index (χ2n) is 6.55. The van der Waals surface area contributed by atoms with Gasteiger partial charge in [-0.25, -0.2) is 9.59 Å². The van der Waals surface area contributed by atoms with Crippen molar-refractivity contribution in [2.24, 2.45) is 0 Å². The number of carbonyl (C=O) groups is 2. The van der Waals surface area contributed by atoms with Gasteiger partial charge in [0.25, 0.3) is 0 Å². The molecule has 24 heavy (non-hydrogen) atoms. The largest absolute Gasteiger partial charge is 0.444 e. The fraction of sp³-hybridized carbons (Fsp3) is 0.667. The lowest BCUT2D eigenvalue weighted by molar-refractivity contribution is 0.0224. The van der Waals surface area contributed by atoms with Crippen LogP contribution >= 0.6 is 0 Å². The quantitative estimate of drug-likeness (QED) is 0.720. The Kier molecular flexibility index (Phi) is 5.66. The third-order valence-electron chi connectivity index (χ3n) is 3.41. The standard InChI is InChI=1S/C15H25N5O4/c1-15(2,3)24-14(22)20-7-5-11-10(9-20)12(19-18-11)17-13(21)16-6-8-23-4/h5-9H2,1-4H3,(H3,16,17,18,19,21). The summed E-state index contributed by atoms with van der Waals surface area (Å²) in [5.41, 5.74) is 1.17. The van der Waals surface area contributed by atoms with Crippen LogP contribution in [0.25, 0.3) is 0 Å². The maximum absolute atomic E-state index is 12.2. The number of rotatable bonds is 4. The van der Waals surface area contributed by atoms with E-state index in [1.54, 1.807) is 12.0 Å². The van der Waals surface area contributed by atoms with Crippen LogP contribution in [0.5, 0.6) is 0 Å². The molecular weight excluding hydrogens is 314 g/mol. The van der Waals surface area contributed by atoms with E-state index < -0.39 is 5.60 Å². The van der Waals surface area contributed by atoms with E-state index in [0.717, 1.165) is 11.3 Å². The summed E-state index contributed by atoms with van der Waals surface area (Å²) in [7, 11) is 1.56. The number of nitrogens with zero attached hydrogens (tertiary/aromatic N) is 2. The Morgan fingerprint density at radius 1 is 1.38 bits per heavy atom. The van der Waals surface area contributed by atoms with Gasteiger partial charge in [0.2, 0.25) is 0 Å². The van der Waals surface area contributed by atoms with Gasteiger partial charge in [-0.15, -0.1) is 0 Å². The summed E-state index contributed by atoms with van der Waals surface area (Å²) in [6, 6.07) is -0.365. The Balaban J connectivity index is 1.99. The van der Waals surface area contributed by atoms with Gasteiger partial charge >= 0.3 is 12.1 Å². The summed E-state index contributed by atoms with van der Waals surface area (Å²) in [5, 5.41) is 12.4. The summed E-state index contributed by atoms with van der Waals surface area (Å²) in [4.78, 5) is 25.7. The number of aromatic nitrogens is 2. The molecule has 1 aromatic rings. The third-order valence-corrected chi connectivity index (χ3v) is 3.41. The SMILES string of the molecule is COCCNC(=O)Nc1n[nH]c2c1CN(C(=O)OC(C)(C)C)CC2. The van der Waals surface area contributed by atoms with Gasteiger partial charge in [0.15, 0.2) is 5.82 Å². The number of nitrogens with one attached hydrogen (secondary N) is 3. The predicted molar refractivity (Wildman–Crippen MR) is 87.8 cm³/mol. The molecule has 0 radical (unpaired) electrons. The molecule has 3 amide bonds. The van der Waals surface area contributed by atoms with Crippen LogP contribution in [0.4, 0.5) is 15.4 Å². The molecule has 3 N–H and O–H groups in total. The molecule has 0 atom stereocenters. The van der Waals surface area contributed by atoms with Gasteiger partial charge in [-0.05, 0) is 20.8 Å². The highest BCUT2D eigenvalue weighted by molar-refractivity contribution is 5.89. The molecule has 2 rings (SSSR count). The maximum atomic E-state index is 12.2. The van der Waals surface area contributed by atoms with E-state index in [2.05, 4.69) is 20.8 Å². The number of fused-ring (bicyclic) bond motifs is 1. The Morgan fingerprint density at radius 3 is 2.79 bits per heavy atom. The lowest BCUT2D eigenvalue weighted by Crippen LogP contribution is -2.40. The van der Waals surface area contributed by atoms with E-state index in [4.69, 9.17) is 9.47 Å². The van der Waals surface area contributed by atoms with Gasteiger partial charge in [0, 0.05) is 37.9 Å². The van der Waals surface area contributed by atoms with E-state index in [0.29, 0.717) is 38.5 Å². The first-order chi connectivity index (χ1) is 11.3. The summed E-state index contributed by atoms with van der Waals surface area (Å²) < 4.78 is 10.3. The van der Waals surface area contributed by atoms with Crippen molar-refractivity contribution in [1.82, 2.24) is 20.4 Å². The zero-order chi connectivity index (χ0) is 17.7. The van der Waals surface area contributed by atoms with Crippen LogP contribution in [-0.2, 0) is 22.4 Å². The summed E-state index contributed by atoms with van der Waals surface area (Å²) >= 11 is 0. The highest BCUT2D eigenvalue weighted by atomic mass is 16.6. The molecule has 0 aromatic carbocycles. The number of H-pyrrole nitrogens is 1. The van der Waals surface area contributed by atoms with E-state index >= 15 is 0 Å². The smallest absolute Gasteiger partial charge is 0.410 e. The first-order valence-electron chi connectivity index (χ1n) is 7.88. The van der Waals surface area contributed by atoms with Crippen LogP contribution < -0.4 is 10.6 Å². The molecule has 0 aliphatic carbocycles. The molecule has 9 heteroatoms. The molecule has 0 spiro atoms. The average Bonchev–Trinajstić information content (AvgIpc) is 2.88. The van der Waals surface area contributed by atoms with Crippen LogP contribution in [0.2, 0.25) is 0 Å². The number of hydrogen-bond donors (Lipinski definition) is 3. The molecule has 0 saturated carbocycles. The summed E-state index contributed by atoms with van der Waals surface area (Å²) in [6.45, 7) is 7.20. The topological polar surface area (TPSA) is 109 Å². The maximum Gasteiger partial charge on any atom is 0.410 e. The van der Waals surface area contributed by atoms with Crippen molar-refractivity contribution < 1.29 is 19.1 Å². The highest BCUT2D eigenvalue weighted by Crippen LogP contribution is 2.25. The average molecular weight is 339 g/mol. The molecule has 9 nitrogen and oxygen atoms in total. The minimum absolute atomic E-state index is 0.342. The molecule has 1 aliphatic heterocycles. The minimum Gasteiger partial charge on any atom is -0.444 e. The van der Waals surface area contributed by atoms with Gasteiger partial charge in [0.1, 0.15) is 5.60 Å². The highest BCUT2D eigenvalue weighted by Gasteiger charge is 2.29. The van der Waals surface area contributed by atoms with Crippen molar-refractivity contribution in [1.29, 1.82) is 0 Å². The minimum atomic E-state index is -0.546. The summed E-state index contributed by atoms with van der Waals surface area (Å²) in [5.74, 6) is 0.424. The van der Waals surface area contributed by atoms with Gasteiger partial charge < -0.3 is 19.7 Å².